The summed E-state index contributed by atoms with van der Waals surface area (Å²) >= 11 is 0. The summed E-state index contributed by atoms with van der Waals surface area (Å²) in [7, 11) is 1.20. The van der Waals surface area contributed by atoms with Gasteiger partial charge in [-0.2, -0.15) is 0 Å². The highest BCUT2D eigenvalue weighted by Gasteiger charge is 2.36. The summed E-state index contributed by atoms with van der Waals surface area (Å²) in [5.41, 5.74) is -3.20. The predicted octanol–water partition coefficient (Wildman–Crippen LogP) is 4.09. The molecule has 0 radical (unpaired) electrons. The van der Waals surface area contributed by atoms with Gasteiger partial charge in [0.15, 0.2) is 0 Å². The molecule has 1 aromatic heterocycles. The fourth-order valence-electron chi connectivity index (χ4n) is 4.00. The number of carbonyl (C=O) groups excluding carboxylic acids is 5. The molecule has 2 rings (SSSR count). The van der Waals surface area contributed by atoms with E-state index in [9.17, 15) is 24.0 Å². The average Bonchev–Trinajstić information content (AvgIpc) is 3.17. The smallest absolute Gasteiger partial charge is 0.408 e. The van der Waals surface area contributed by atoms with Gasteiger partial charge in [-0.05, 0) is 80.9 Å². The molecular formula is C30H44N4O8. The first-order chi connectivity index (χ1) is 19.1. The number of alkyl carbamates (subject to hydrolysis) is 2. The summed E-state index contributed by atoms with van der Waals surface area (Å²) in [6, 6.07) is 5.91. The zero-order valence-electron chi connectivity index (χ0n) is 26.4. The zero-order chi connectivity index (χ0) is 32.3. The van der Waals surface area contributed by atoms with Crippen molar-refractivity contribution < 1.29 is 38.2 Å². The fraction of sp³-hybridized carbons (Fsp3) is 0.567. The number of benzene rings is 1. The Morgan fingerprint density at radius 3 is 1.79 bits per heavy atom. The van der Waals surface area contributed by atoms with Gasteiger partial charge in [0.1, 0.15) is 28.3 Å². The van der Waals surface area contributed by atoms with Crippen molar-refractivity contribution in [3.05, 3.63) is 36.0 Å². The molecule has 2 aromatic rings. The highest BCUT2D eigenvalue weighted by atomic mass is 16.6. The Morgan fingerprint density at radius 1 is 0.786 bits per heavy atom. The highest BCUT2D eigenvalue weighted by molar-refractivity contribution is 6.00. The maximum Gasteiger partial charge on any atom is 0.408 e. The van der Waals surface area contributed by atoms with E-state index in [1.807, 2.05) is 0 Å². The normalized spacial score (nSPS) is 13.1. The summed E-state index contributed by atoms with van der Waals surface area (Å²) in [5.74, 6) is -1.81. The first kappa shape index (κ1) is 34.1. The van der Waals surface area contributed by atoms with E-state index < -0.39 is 58.3 Å². The van der Waals surface area contributed by atoms with Gasteiger partial charge in [0.25, 0.3) is 5.91 Å². The van der Waals surface area contributed by atoms with Crippen LogP contribution in [0.15, 0.2) is 30.5 Å². The number of nitrogens with one attached hydrogen (secondary N) is 3. The van der Waals surface area contributed by atoms with Gasteiger partial charge in [0.05, 0.1) is 12.6 Å². The number of carbonyl (C=O) groups is 5. The summed E-state index contributed by atoms with van der Waals surface area (Å²) in [6.45, 7) is 16.3. The van der Waals surface area contributed by atoms with Gasteiger partial charge in [0.2, 0.25) is 5.91 Å². The Labute approximate surface area is 246 Å². The lowest BCUT2D eigenvalue weighted by atomic mass is 10.0. The van der Waals surface area contributed by atoms with Gasteiger partial charge >= 0.3 is 18.2 Å². The number of methoxy groups -OCH3 is 1. The van der Waals surface area contributed by atoms with Crippen LogP contribution in [0.3, 0.4) is 0 Å². The predicted molar refractivity (Wildman–Crippen MR) is 157 cm³/mol. The van der Waals surface area contributed by atoms with Crippen LogP contribution in [0.25, 0.3) is 10.9 Å². The summed E-state index contributed by atoms with van der Waals surface area (Å²) in [4.78, 5) is 64.4. The highest BCUT2D eigenvalue weighted by Crippen LogP contribution is 2.25. The van der Waals surface area contributed by atoms with Crippen molar-refractivity contribution in [2.24, 2.45) is 0 Å². The molecule has 0 bridgehead atoms. The zero-order valence-corrected chi connectivity index (χ0v) is 26.4. The van der Waals surface area contributed by atoms with Gasteiger partial charge < -0.3 is 30.2 Å². The standard InChI is InChI=1S/C30H44N4O8/c1-27(2,3)41-25(38)32-29(7,8)23(36)31-20(22(35)40-11)16-18-17-34(21-15-13-12-14-19(18)21)24(37)30(9,10)33-26(39)42-28(4,5)6/h12-15,17,20H,16H2,1-11H3,(H,31,36)(H,32,38)(H,33,39)/t20-/m1/s1. The third-order valence-electron chi connectivity index (χ3n) is 5.96. The number of hydrogen-bond acceptors (Lipinski definition) is 8. The minimum absolute atomic E-state index is 0.0261. The van der Waals surface area contributed by atoms with Crippen molar-refractivity contribution in [3.63, 3.8) is 0 Å². The van der Waals surface area contributed by atoms with E-state index in [1.165, 1.54) is 25.5 Å². The van der Waals surface area contributed by atoms with E-state index >= 15 is 0 Å². The van der Waals surface area contributed by atoms with E-state index in [2.05, 4.69) is 16.0 Å². The van der Waals surface area contributed by atoms with Crippen LogP contribution in [0.2, 0.25) is 0 Å². The van der Waals surface area contributed by atoms with Crippen molar-refractivity contribution >= 4 is 40.9 Å². The lowest BCUT2D eigenvalue weighted by molar-refractivity contribution is -0.145. The molecule has 232 valence electrons. The summed E-state index contributed by atoms with van der Waals surface area (Å²) < 4.78 is 16.9. The molecule has 0 aliphatic carbocycles. The monoisotopic (exact) mass is 588 g/mol. The molecule has 3 amide bonds. The van der Waals surface area contributed by atoms with Crippen LogP contribution in [0.1, 0.15) is 79.6 Å². The number of rotatable bonds is 8. The van der Waals surface area contributed by atoms with Gasteiger partial charge in [-0.15, -0.1) is 0 Å². The lowest BCUT2D eigenvalue weighted by Gasteiger charge is -2.29. The molecule has 12 heteroatoms. The second kappa shape index (κ2) is 12.4. The molecule has 0 aliphatic rings. The topological polar surface area (TPSA) is 154 Å². The van der Waals surface area contributed by atoms with Crippen LogP contribution in [0, 0.1) is 0 Å². The number of esters is 1. The maximum atomic E-state index is 13.7. The molecule has 0 saturated carbocycles. The Bertz CT molecular complexity index is 1350. The van der Waals surface area contributed by atoms with E-state index in [4.69, 9.17) is 14.2 Å². The van der Waals surface area contributed by atoms with Crippen molar-refractivity contribution in [3.8, 4) is 0 Å². The first-order valence-corrected chi connectivity index (χ1v) is 13.6. The van der Waals surface area contributed by atoms with Crippen LogP contribution in [0.5, 0.6) is 0 Å². The Balaban J connectivity index is 2.37. The number of hydrogen-bond donors (Lipinski definition) is 3. The minimum atomic E-state index is -1.43. The van der Waals surface area contributed by atoms with E-state index in [1.54, 1.807) is 85.9 Å². The first-order valence-electron chi connectivity index (χ1n) is 13.6. The van der Waals surface area contributed by atoms with Crippen LogP contribution in [-0.2, 0) is 30.2 Å². The van der Waals surface area contributed by atoms with Crippen LogP contribution in [0.4, 0.5) is 9.59 Å². The minimum Gasteiger partial charge on any atom is -0.467 e. The molecule has 12 nitrogen and oxygen atoms in total. The Hall–Kier alpha value is -4.09. The van der Waals surface area contributed by atoms with Gasteiger partial charge in [-0.3, -0.25) is 14.2 Å². The molecule has 3 N–H and O–H groups in total. The lowest BCUT2D eigenvalue weighted by Crippen LogP contribution is -2.58. The van der Waals surface area contributed by atoms with Crippen molar-refractivity contribution in [2.75, 3.05) is 7.11 Å². The van der Waals surface area contributed by atoms with E-state index in [0.29, 0.717) is 16.5 Å². The molecule has 1 aromatic carbocycles. The molecule has 1 heterocycles. The molecule has 0 unspecified atom stereocenters. The quantitative estimate of drug-likeness (QED) is 0.308. The summed E-state index contributed by atoms with van der Waals surface area (Å²) in [6.07, 6.45) is 0.00868. The molecule has 1 atom stereocenters. The number of amides is 3. The molecule has 0 fully saturated rings. The largest absolute Gasteiger partial charge is 0.467 e. The Kier molecular flexibility index (Phi) is 10.1. The fourth-order valence-corrected chi connectivity index (χ4v) is 4.00. The summed E-state index contributed by atoms with van der Waals surface area (Å²) in [5, 5.41) is 8.45. The van der Waals surface area contributed by atoms with Crippen molar-refractivity contribution in [1.29, 1.82) is 0 Å². The van der Waals surface area contributed by atoms with Gasteiger partial charge in [-0.1, -0.05) is 18.2 Å². The van der Waals surface area contributed by atoms with Crippen molar-refractivity contribution in [2.45, 2.75) is 104 Å². The maximum absolute atomic E-state index is 13.7. The van der Waals surface area contributed by atoms with Crippen molar-refractivity contribution in [1.82, 2.24) is 20.5 Å². The van der Waals surface area contributed by atoms with Crippen LogP contribution < -0.4 is 16.0 Å². The third kappa shape index (κ3) is 9.22. The Morgan fingerprint density at radius 2 is 1.29 bits per heavy atom. The second-order valence-corrected chi connectivity index (χ2v) is 13.1. The number of ether oxygens (including phenoxy) is 3. The third-order valence-corrected chi connectivity index (χ3v) is 5.96. The van der Waals surface area contributed by atoms with Gasteiger partial charge in [0, 0.05) is 18.0 Å². The van der Waals surface area contributed by atoms with E-state index in [0.717, 1.165) is 0 Å². The van der Waals surface area contributed by atoms with E-state index in [-0.39, 0.29) is 6.42 Å². The second-order valence-electron chi connectivity index (χ2n) is 13.1. The molecule has 0 saturated heterocycles. The number of nitrogens with zero attached hydrogens (tertiary/aromatic N) is 1. The number of aromatic nitrogens is 1. The molecular weight excluding hydrogens is 544 g/mol. The van der Waals surface area contributed by atoms with Gasteiger partial charge in [-0.25, -0.2) is 14.4 Å². The average molecular weight is 589 g/mol. The van der Waals surface area contributed by atoms with Crippen LogP contribution in [-0.4, -0.2) is 70.0 Å². The SMILES string of the molecule is COC(=O)[C@@H](Cc1cn(C(=O)C(C)(C)NC(=O)OC(C)(C)C)c2ccccc12)NC(=O)C(C)(C)NC(=O)OC(C)(C)C. The number of fused-ring (bicyclic) bond motifs is 1. The van der Waals surface area contributed by atoms with Crippen LogP contribution >= 0.6 is 0 Å². The molecule has 42 heavy (non-hydrogen) atoms. The number of para-hydroxylation sites is 1. The molecule has 0 aliphatic heterocycles. The molecule has 0 spiro atoms.